The smallest absolute Gasteiger partial charge is 0.274 e. The second-order valence-electron chi connectivity index (χ2n) is 7.47. The second kappa shape index (κ2) is 7.59. The number of carbonyl (C=O) groups is 1. The van der Waals surface area contributed by atoms with Crippen LogP contribution in [-0.2, 0) is 11.8 Å². The van der Waals surface area contributed by atoms with Crippen molar-refractivity contribution in [1.29, 1.82) is 0 Å². The van der Waals surface area contributed by atoms with Crippen LogP contribution in [0.1, 0.15) is 24.8 Å². The summed E-state index contributed by atoms with van der Waals surface area (Å²) in [6.07, 6.45) is 7.11. The van der Waals surface area contributed by atoms with Crippen molar-refractivity contribution in [3.8, 4) is 11.3 Å². The number of aromatic amines is 1. The summed E-state index contributed by atoms with van der Waals surface area (Å²) in [4.78, 5) is 34.6. The van der Waals surface area contributed by atoms with Crippen LogP contribution in [0.4, 0.5) is 5.82 Å². The van der Waals surface area contributed by atoms with E-state index in [1.165, 1.54) is 6.42 Å². The average Bonchev–Trinajstić information content (AvgIpc) is 3.17. The summed E-state index contributed by atoms with van der Waals surface area (Å²) in [6.45, 7) is 4.32. The van der Waals surface area contributed by atoms with Gasteiger partial charge in [-0.05, 0) is 50.6 Å². The van der Waals surface area contributed by atoms with Crippen LogP contribution in [0, 0.1) is 6.92 Å². The third-order valence-electron chi connectivity index (χ3n) is 5.33. The van der Waals surface area contributed by atoms with Crippen LogP contribution in [0.15, 0.2) is 35.4 Å². The molecule has 1 amide bonds. The Balaban J connectivity index is 1.63. The Morgan fingerprint density at radius 3 is 2.79 bits per heavy atom. The molecule has 0 aromatic carbocycles. The second-order valence-corrected chi connectivity index (χ2v) is 7.47. The summed E-state index contributed by atoms with van der Waals surface area (Å²) in [6, 6.07) is 5.65. The fourth-order valence-electron chi connectivity index (χ4n) is 3.83. The molecule has 0 atom stereocenters. The zero-order valence-electron chi connectivity index (χ0n) is 16.3. The first-order valence-electron chi connectivity index (χ1n) is 9.70. The number of nitrogens with zero attached hydrogens (tertiary/aromatic N) is 3. The molecular formula is C21H25N5O2. The van der Waals surface area contributed by atoms with Gasteiger partial charge in [0, 0.05) is 30.4 Å². The van der Waals surface area contributed by atoms with E-state index in [1.807, 2.05) is 25.1 Å². The molecule has 0 spiro atoms. The van der Waals surface area contributed by atoms with Gasteiger partial charge in [0.2, 0.25) is 5.91 Å². The Morgan fingerprint density at radius 1 is 1.21 bits per heavy atom. The lowest BCUT2D eigenvalue weighted by molar-refractivity contribution is -0.117. The fourth-order valence-corrected chi connectivity index (χ4v) is 3.83. The van der Waals surface area contributed by atoms with Gasteiger partial charge in [-0.15, -0.1) is 0 Å². The number of hydrogen-bond acceptors (Lipinski definition) is 4. The SMILES string of the molecule is Cc1ccc(NC(=O)CN2CCCCC2)nc1-c1cn(C)c(=O)c2[nH]ccc12. The molecule has 7 heteroatoms. The number of likely N-dealkylation sites (tertiary alicyclic amines) is 1. The lowest BCUT2D eigenvalue weighted by Gasteiger charge is -2.25. The summed E-state index contributed by atoms with van der Waals surface area (Å²) in [7, 11) is 1.73. The molecule has 0 aliphatic carbocycles. The lowest BCUT2D eigenvalue weighted by atomic mass is 10.0. The van der Waals surface area contributed by atoms with Gasteiger partial charge in [-0.25, -0.2) is 4.98 Å². The van der Waals surface area contributed by atoms with E-state index >= 15 is 0 Å². The number of anilines is 1. The van der Waals surface area contributed by atoms with E-state index in [0.717, 1.165) is 48.1 Å². The molecule has 1 aliphatic rings. The standard InChI is InChI=1S/C21H25N5O2/c1-14-6-7-17(23-18(27)13-26-10-4-3-5-11-26)24-19(14)16-12-25(2)21(28)20-15(16)8-9-22-20/h6-9,12,22H,3-5,10-11,13H2,1-2H3,(H,23,24,27). The number of fused-ring (bicyclic) bond motifs is 1. The number of piperidine rings is 1. The predicted octanol–water partition coefficient (Wildman–Crippen LogP) is 2.66. The van der Waals surface area contributed by atoms with E-state index in [0.29, 0.717) is 17.9 Å². The quantitative estimate of drug-likeness (QED) is 0.730. The largest absolute Gasteiger partial charge is 0.357 e. The van der Waals surface area contributed by atoms with Gasteiger partial charge in [-0.3, -0.25) is 14.5 Å². The molecule has 3 aromatic rings. The monoisotopic (exact) mass is 379 g/mol. The van der Waals surface area contributed by atoms with Crippen LogP contribution in [0.5, 0.6) is 0 Å². The molecule has 0 radical (unpaired) electrons. The van der Waals surface area contributed by atoms with E-state index < -0.39 is 0 Å². The molecule has 7 nitrogen and oxygen atoms in total. The fraction of sp³-hybridized carbons (Fsp3) is 0.381. The van der Waals surface area contributed by atoms with E-state index in [4.69, 9.17) is 4.98 Å². The molecule has 0 unspecified atom stereocenters. The lowest BCUT2D eigenvalue weighted by Crippen LogP contribution is -2.36. The van der Waals surface area contributed by atoms with Crippen molar-refractivity contribution >= 4 is 22.6 Å². The molecule has 3 aromatic heterocycles. The number of nitrogens with one attached hydrogen (secondary N) is 2. The minimum absolute atomic E-state index is 0.0449. The summed E-state index contributed by atoms with van der Waals surface area (Å²) < 4.78 is 1.55. The van der Waals surface area contributed by atoms with Gasteiger partial charge in [0.1, 0.15) is 11.3 Å². The summed E-state index contributed by atoms with van der Waals surface area (Å²) in [5.74, 6) is 0.483. The molecule has 1 aliphatic heterocycles. The van der Waals surface area contributed by atoms with Crippen molar-refractivity contribution in [2.24, 2.45) is 7.05 Å². The molecule has 28 heavy (non-hydrogen) atoms. The molecule has 4 rings (SSSR count). The number of hydrogen-bond donors (Lipinski definition) is 2. The Hall–Kier alpha value is -2.93. The minimum Gasteiger partial charge on any atom is -0.357 e. The number of amides is 1. The van der Waals surface area contributed by atoms with E-state index in [-0.39, 0.29) is 11.5 Å². The highest BCUT2D eigenvalue weighted by molar-refractivity contribution is 5.95. The Labute approximate surface area is 163 Å². The summed E-state index contributed by atoms with van der Waals surface area (Å²) in [5, 5.41) is 3.76. The number of carbonyl (C=O) groups excluding carboxylic acids is 1. The molecule has 2 N–H and O–H groups in total. The van der Waals surface area contributed by atoms with E-state index in [2.05, 4.69) is 15.2 Å². The van der Waals surface area contributed by atoms with E-state index in [9.17, 15) is 9.59 Å². The summed E-state index contributed by atoms with van der Waals surface area (Å²) >= 11 is 0. The van der Waals surface area contributed by atoms with Crippen molar-refractivity contribution < 1.29 is 4.79 Å². The van der Waals surface area contributed by atoms with Crippen molar-refractivity contribution in [2.45, 2.75) is 26.2 Å². The first-order chi connectivity index (χ1) is 13.5. The maximum Gasteiger partial charge on any atom is 0.274 e. The maximum absolute atomic E-state index is 12.4. The number of aromatic nitrogens is 3. The van der Waals surface area contributed by atoms with Crippen LogP contribution in [0.3, 0.4) is 0 Å². The molecule has 0 bridgehead atoms. The first-order valence-corrected chi connectivity index (χ1v) is 9.70. The van der Waals surface area contributed by atoms with Crippen LogP contribution < -0.4 is 10.9 Å². The highest BCUT2D eigenvalue weighted by Crippen LogP contribution is 2.28. The van der Waals surface area contributed by atoms with Gasteiger partial charge < -0.3 is 14.9 Å². The Kier molecular flexibility index (Phi) is 5.00. The Morgan fingerprint density at radius 2 is 2.00 bits per heavy atom. The Bertz CT molecular complexity index is 1080. The normalized spacial score (nSPS) is 15.1. The number of aryl methyl sites for hydroxylation is 2. The minimum atomic E-state index is -0.0765. The zero-order chi connectivity index (χ0) is 19.7. The van der Waals surface area contributed by atoms with Crippen LogP contribution >= 0.6 is 0 Å². The van der Waals surface area contributed by atoms with Crippen molar-refractivity contribution in [3.63, 3.8) is 0 Å². The van der Waals surface area contributed by atoms with Gasteiger partial charge in [0.05, 0.1) is 12.2 Å². The van der Waals surface area contributed by atoms with Gasteiger partial charge in [-0.1, -0.05) is 12.5 Å². The third-order valence-corrected chi connectivity index (χ3v) is 5.33. The van der Waals surface area contributed by atoms with Gasteiger partial charge >= 0.3 is 0 Å². The molecule has 146 valence electrons. The van der Waals surface area contributed by atoms with Crippen LogP contribution in [-0.4, -0.2) is 45.0 Å². The van der Waals surface area contributed by atoms with Crippen molar-refractivity contribution in [2.75, 3.05) is 25.0 Å². The van der Waals surface area contributed by atoms with Crippen molar-refractivity contribution in [3.05, 3.63) is 46.5 Å². The third kappa shape index (κ3) is 3.57. The number of rotatable bonds is 4. The van der Waals surface area contributed by atoms with Gasteiger partial charge in [-0.2, -0.15) is 0 Å². The zero-order valence-corrected chi connectivity index (χ0v) is 16.3. The molecular weight excluding hydrogens is 354 g/mol. The number of H-pyrrole nitrogens is 1. The average molecular weight is 379 g/mol. The van der Waals surface area contributed by atoms with Gasteiger partial charge in [0.25, 0.3) is 5.56 Å². The van der Waals surface area contributed by atoms with Crippen LogP contribution in [0.25, 0.3) is 22.2 Å². The summed E-state index contributed by atoms with van der Waals surface area (Å²) in [5.41, 5.74) is 3.09. The highest BCUT2D eigenvalue weighted by Gasteiger charge is 2.16. The van der Waals surface area contributed by atoms with E-state index in [1.54, 1.807) is 24.0 Å². The molecule has 0 saturated carbocycles. The maximum atomic E-state index is 12.4. The van der Waals surface area contributed by atoms with Crippen LogP contribution in [0.2, 0.25) is 0 Å². The van der Waals surface area contributed by atoms with Gasteiger partial charge in [0.15, 0.2) is 0 Å². The molecule has 1 saturated heterocycles. The predicted molar refractivity (Wildman–Crippen MR) is 110 cm³/mol. The molecule has 4 heterocycles. The topological polar surface area (TPSA) is 83.0 Å². The first kappa shape index (κ1) is 18.4. The number of pyridine rings is 2. The molecule has 1 fully saturated rings. The highest BCUT2D eigenvalue weighted by atomic mass is 16.2. The van der Waals surface area contributed by atoms with Crippen molar-refractivity contribution in [1.82, 2.24) is 19.4 Å².